The summed E-state index contributed by atoms with van der Waals surface area (Å²) in [5, 5.41) is 11.6. The fourth-order valence-corrected chi connectivity index (χ4v) is 3.90. The van der Waals surface area contributed by atoms with Crippen molar-refractivity contribution in [3.63, 3.8) is 0 Å². The van der Waals surface area contributed by atoms with E-state index in [9.17, 15) is 4.79 Å². The van der Waals surface area contributed by atoms with Crippen LogP contribution in [0, 0.1) is 19.8 Å². The summed E-state index contributed by atoms with van der Waals surface area (Å²) in [6.07, 6.45) is 2.43. The third-order valence-electron chi connectivity index (χ3n) is 5.60. The van der Waals surface area contributed by atoms with E-state index in [4.69, 9.17) is 4.74 Å². The van der Waals surface area contributed by atoms with E-state index < -0.39 is 0 Å². The Hall–Kier alpha value is -2.35. The summed E-state index contributed by atoms with van der Waals surface area (Å²) >= 11 is 0. The molecule has 140 valence electrons. The molecule has 0 saturated carbocycles. The van der Waals surface area contributed by atoms with Gasteiger partial charge in [0.2, 0.25) is 5.91 Å². The minimum atomic E-state index is -0.178. The van der Waals surface area contributed by atoms with Crippen LogP contribution in [0.1, 0.15) is 29.5 Å². The highest BCUT2D eigenvalue weighted by molar-refractivity contribution is 5.80. The van der Waals surface area contributed by atoms with Gasteiger partial charge in [0.1, 0.15) is 0 Å². The fraction of sp³-hybridized carbons (Fsp3) is 0.611. The minimum absolute atomic E-state index is 0.114. The maximum atomic E-state index is 13.1. The molecular formula is C18H26N6O2. The van der Waals surface area contributed by atoms with Crippen LogP contribution in [0.5, 0.6) is 0 Å². The predicted molar refractivity (Wildman–Crippen MR) is 96.9 cm³/mol. The van der Waals surface area contributed by atoms with Crippen molar-refractivity contribution in [2.45, 2.75) is 26.4 Å². The van der Waals surface area contributed by atoms with E-state index in [-0.39, 0.29) is 17.9 Å². The van der Waals surface area contributed by atoms with Gasteiger partial charge in [-0.3, -0.25) is 14.6 Å². The summed E-state index contributed by atoms with van der Waals surface area (Å²) in [6.45, 7) is 7.70. The summed E-state index contributed by atoms with van der Waals surface area (Å²) in [4.78, 5) is 17.3. The van der Waals surface area contributed by atoms with Crippen LogP contribution < -0.4 is 4.90 Å². The van der Waals surface area contributed by atoms with E-state index in [2.05, 4.69) is 20.2 Å². The van der Waals surface area contributed by atoms with E-state index in [1.54, 1.807) is 0 Å². The zero-order chi connectivity index (χ0) is 18.3. The van der Waals surface area contributed by atoms with Gasteiger partial charge in [-0.1, -0.05) is 0 Å². The quantitative estimate of drug-likeness (QED) is 0.891. The van der Waals surface area contributed by atoms with E-state index in [1.165, 1.54) is 0 Å². The molecule has 2 aromatic heterocycles. The number of piperazine rings is 1. The lowest BCUT2D eigenvalue weighted by molar-refractivity contribution is -0.137. The largest absolute Gasteiger partial charge is 0.373 e. The number of carbonyl (C=O) groups is 1. The second kappa shape index (κ2) is 6.75. The van der Waals surface area contributed by atoms with Crippen molar-refractivity contribution in [1.82, 2.24) is 24.9 Å². The van der Waals surface area contributed by atoms with Crippen molar-refractivity contribution >= 4 is 11.7 Å². The number of nitrogens with zero attached hydrogens (tertiary/aromatic N) is 5. The Morgan fingerprint density at radius 1 is 1.27 bits per heavy atom. The molecule has 1 N–H and O–H groups in total. The Kier molecular flexibility index (Phi) is 4.44. The first-order valence-corrected chi connectivity index (χ1v) is 9.20. The number of rotatable bonds is 3. The number of hydrogen-bond donors (Lipinski definition) is 1. The number of anilines is 1. The summed E-state index contributed by atoms with van der Waals surface area (Å²) in [7, 11) is 1.92. The minimum Gasteiger partial charge on any atom is -0.373 e. The molecule has 0 aromatic carbocycles. The maximum absolute atomic E-state index is 13.1. The average molecular weight is 358 g/mol. The van der Waals surface area contributed by atoms with Gasteiger partial charge in [-0.25, -0.2) is 0 Å². The first kappa shape index (κ1) is 17.1. The SMILES string of the molecule is Cc1cc(N2CCN(C(=O)[C@H]3CCO[C@@H]3c3cnn(C)c3C)CC2)n[nH]1. The maximum Gasteiger partial charge on any atom is 0.228 e. The van der Waals surface area contributed by atoms with E-state index >= 15 is 0 Å². The highest BCUT2D eigenvalue weighted by Crippen LogP contribution is 2.37. The van der Waals surface area contributed by atoms with Crippen molar-refractivity contribution < 1.29 is 9.53 Å². The number of amides is 1. The second-order valence-corrected chi connectivity index (χ2v) is 7.22. The number of carbonyl (C=O) groups excluding carboxylic acids is 1. The van der Waals surface area contributed by atoms with Crippen LogP contribution in [0.25, 0.3) is 0 Å². The lowest BCUT2D eigenvalue weighted by Crippen LogP contribution is -2.50. The molecule has 2 atom stereocenters. The van der Waals surface area contributed by atoms with Crippen LogP contribution in [0.15, 0.2) is 12.3 Å². The van der Waals surface area contributed by atoms with Gasteiger partial charge in [0.25, 0.3) is 0 Å². The van der Waals surface area contributed by atoms with Gasteiger partial charge in [-0.05, 0) is 20.3 Å². The molecule has 4 rings (SSSR count). The van der Waals surface area contributed by atoms with E-state index in [0.29, 0.717) is 6.61 Å². The van der Waals surface area contributed by atoms with Crippen LogP contribution in [0.2, 0.25) is 0 Å². The second-order valence-electron chi connectivity index (χ2n) is 7.22. The number of aromatic nitrogens is 4. The van der Waals surface area contributed by atoms with Crippen LogP contribution in [-0.2, 0) is 16.6 Å². The molecule has 0 radical (unpaired) electrons. The molecule has 2 saturated heterocycles. The molecule has 8 heteroatoms. The van der Waals surface area contributed by atoms with Crippen LogP contribution in [0.4, 0.5) is 5.82 Å². The molecule has 0 unspecified atom stereocenters. The molecule has 2 aliphatic rings. The lowest BCUT2D eigenvalue weighted by atomic mass is 9.94. The van der Waals surface area contributed by atoms with Crippen molar-refractivity contribution in [3.8, 4) is 0 Å². The number of aromatic amines is 1. The topological polar surface area (TPSA) is 79.3 Å². The number of ether oxygens (including phenoxy) is 1. The number of aryl methyl sites for hydroxylation is 2. The smallest absolute Gasteiger partial charge is 0.228 e. The predicted octanol–water partition coefficient (Wildman–Crippen LogP) is 1.19. The number of H-pyrrole nitrogens is 1. The molecule has 2 aliphatic heterocycles. The van der Waals surface area contributed by atoms with Gasteiger partial charge >= 0.3 is 0 Å². The Bertz CT molecular complexity index is 789. The molecule has 0 bridgehead atoms. The molecule has 0 spiro atoms. The first-order valence-electron chi connectivity index (χ1n) is 9.20. The summed E-state index contributed by atoms with van der Waals surface area (Å²) in [6, 6.07) is 2.05. The normalized spacial score (nSPS) is 23.7. The van der Waals surface area contributed by atoms with E-state index in [1.807, 2.05) is 42.7 Å². The fourth-order valence-electron chi connectivity index (χ4n) is 3.90. The van der Waals surface area contributed by atoms with Gasteiger partial charge in [0, 0.05) is 62.9 Å². The number of nitrogens with one attached hydrogen (secondary N) is 1. The van der Waals surface area contributed by atoms with Crippen molar-refractivity contribution in [3.05, 3.63) is 29.2 Å². The third kappa shape index (κ3) is 2.98. The molecule has 4 heterocycles. The molecule has 2 fully saturated rings. The average Bonchev–Trinajstić information content (AvgIpc) is 3.36. The summed E-state index contributed by atoms with van der Waals surface area (Å²) in [5.74, 6) is 1.05. The van der Waals surface area contributed by atoms with Gasteiger partial charge in [-0.15, -0.1) is 0 Å². The zero-order valence-corrected chi connectivity index (χ0v) is 15.6. The Morgan fingerprint density at radius 2 is 2.04 bits per heavy atom. The standard InChI is InChI=1S/C18H26N6O2/c1-12-10-16(21-20-12)23-5-7-24(8-6-23)18(25)14-4-9-26-17(14)15-11-19-22(3)13(15)2/h10-11,14,17H,4-9H2,1-3H3,(H,20,21)/t14-,17-/m0/s1. The monoisotopic (exact) mass is 358 g/mol. The first-order chi connectivity index (χ1) is 12.5. The molecule has 1 amide bonds. The number of hydrogen-bond acceptors (Lipinski definition) is 5. The van der Waals surface area contributed by atoms with Crippen LogP contribution in [-0.4, -0.2) is 63.6 Å². The van der Waals surface area contributed by atoms with Crippen LogP contribution >= 0.6 is 0 Å². The molecular weight excluding hydrogens is 332 g/mol. The van der Waals surface area contributed by atoms with Gasteiger partial charge < -0.3 is 14.5 Å². The summed E-state index contributed by atoms with van der Waals surface area (Å²) in [5.41, 5.74) is 3.15. The molecule has 0 aliphatic carbocycles. The highest BCUT2D eigenvalue weighted by atomic mass is 16.5. The van der Waals surface area contributed by atoms with Gasteiger partial charge in [0.15, 0.2) is 5.82 Å². The zero-order valence-electron chi connectivity index (χ0n) is 15.6. The lowest BCUT2D eigenvalue weighted by Gasteiger charge is -2.36. The molecule has 26 heavy (non-hydrogen) atoms. The van der Waals surface area contributed by atoms with Crippen molar-refractivity contribution in [2.24, 2.45) is 13.0 Å². The Morgan fingerprint density at radius 3 is 2.65 bits per heavy atom. The summed E-state index contributed by atoms with van der Waals surface area (Å²) < 4.78 is 7.76. The van der Waals surface area contributed by atoms with Gasteiger partial charge in [-0.2, -0.15) is 10.2 Å². The Balaban J connectivity index is 1.42. The third-order valence-corrected chi connectivity index (χ3v) is 5.60. The Labute approximate surface area is 153 Å². The van der Waals surface area contributed by atoms with Crippen LogP contribution in [0.3, 0.4) is 0 Å². The van der Waals surface area contributed by atoms with Crippen molar-refractivity contribution in [1.29, 1.82) is 0 Å². The molecule has 2 aromatic rings. The highest BCUT2D eigenvalue weighted by Gasteiger charge is 2.39. The van der Waals surface area contributed by atoms with E-state index in [0.717, 1.165) is 55.4 Å². The molecule has 8 nitrogen and oxygen atoms in total. The van der Waals surface area contributed by atoms with Crippen molar-refractivity contribution in [2.75, 3.05) is 37.7 Å². The van der Waals surface area contributed by atoms with Gasteiger partial charge in [0.05, 0.1) is 18.2 Å².